The minimum Gasteiger partial charge on any atom is -0.442 e. The molecule has 0 saturated carbocycles. The summed E-state index contributed by atoms with van der Waals surface area (Å²) in [6.45, 7) is 3.71. The number of benzene rings is 1. The van der Waals surface area contributed by atoms with E-state index < -0.39 is 0 Å². The number of pyridine rings is 2. The third-order valence-corrected chi connectivity index (χ3v) is 5.12. The molecular formula is C24H20N4O. The van der Waals surface area contributed by atoms with Crippen molar-refractivity contribution in [1.82, 2.24) is 19.9 Å². The average molecular weight is 380 g/mol. The van der Waals surface area contributed by atoms with Gasteiger partial charge in [0, 0.05) is 37.4 Å². The maximum Gasteiger partial charge on any atom is 0.181 e. The lowest BCUT2D eigenvalue weighted by molar-refractivity contribution is 0.359. The van der Waals surface area contributed by atoms with Crippen LogP contribution in [0.1, 0.15) is 22.4 Å². The number of oxazole rings is 1. The molecule has 5 rings (SSSR count). The molecule has 0 atom stereocenters. The van der Waals surface area contributed by atoms with Gasteiger partial charge in [0.15, 0.2) is 12.2 Å². The highest BCUT2D eigenvalue weighted by Gasteiger charge is 2.14. The van der Waals surface area contributed by atoms with Crippen LogP contribution in [0.3, 0.4) is 0 Å². The van der Waals surface area contributed by atoms with Gasteiger partial charge in [0.25, 0.3) is 0 Å². The number of hydrogen-bond acceptors (Lipinski definition) is 5. The van der Waals surface area contributed by atoms with Gasteiger partial charge >= 0.3 is 0 Å². The molecule has 0 aliphatic carbocycles. The normalized spacial score (nSPS) is 12.8. The summed E-state index contributed by atoms with van der Waals surface area (Å²) in [6, 6.07) is 15.0. The van der Waals surface area contributed by atoms with Crippen molar-refractivity contribution in [3.8, 4) is 22.6 Å². The molecule has 0 bridgehead atoms. The molecule has 4 aromatic rings. The summed E-state index contributed by atoms with van der Waals surface area (Å²) in [6.07, 6.45) is 11.2. The van der Waals surface area contributed by atoms with Gasteiger partial charge in [-0.1, -0.05) is 24.3 Å². The Kier molecular flexibility index (Phi) is 4.41. The number of hydrogen-bond donors (Lipinski definition) is 0. The average Bonchev–Trinajstić information content (AvgIpc) is 3.29. The first-order chi connectivity index (χ1) is 14.2. The number of nitrogens with zero attached hydrogens (tertiary/aromatic N) is 4. The van der Waals surface area contributed by atoms with E-state index in [1.807, 2.05) is 25.4 Å². The van der Waals surface area contributed by atoms with Crippen LogP contribution in [0.2, 0.25) is 0 Å². The van der Waals surface area contributed by atoms with Crippen LogP contribution in [0.5, 0.6) is 0 Å². The summed E-state index contributed by atoms with van der Waals surface area (Å²) in [5.74, 6) is 0.688. The molecule has 1 aliphatic rings. The Hall–Kier alpha value is -3.73. The zero-order chi connectivity index (χ0) is 19.6. The molecule has 0 amide bonds. The van der Waals surface area contributed by atoms with Crippen molar-refractivity contribution in [1.29, 1.82) is 0 Å². The van der Waals surface area contributed by atoms with Gasteiger partial charge in [0.2, 0.25) is 0 Å². The number of aryl methyl sites for hydroxylation is 1. The van der Waals surface area contributed by atoms with Crippen LogP contribution in [0.4, 0.5) is 0 Å². The zero-order valence-corrected chi connectivity index (χ0v) is 16.1. The lowest BCUT2D eigenvalue weighted by Gasteiger charge is -2.25. The molecule has 0 N–H and O–H groups in total. The van der Waals surface area contributed by atoms with E-state index in [0.717, 1.165) is 24.5 Å². The molecule has 0 unspecified atom stereocenters. The van der Waals surface area contributed by atoms with Crippen LogP contribution < -0.4 is 0 Å². The Morgan fingerprint density at radius 1 is 1.00 bits per heavy atom. The van der Waals surface area contributed by atoms with Crippen molar-refractivity contribution in [2.45, 2.75) is 20.0 Å². The van der Waals surface area contributed by atoms with Crippen LogP contribution in [0, 0.1) is 6.92 Å². The zero-order valence-electron chi connectivity index (χ0n) is 16.1. The van der Waals surface area contributed by atoms with Crippen LogP contribution in [-0.2, 0) is 13.1 Å². The van der Waals surface area contributed by atoms with Gasteiger partial charge in [0.1, 0.15) is 5.69 Å². The number of aromatic nitrogens is 3. The fraction of sp³-hybridized carbons (Fsp3) is 0.125. The predicted octanol–water partition coefficient (Wildman–Crippen LogP) is 5.09. The molecule has 1 aromatic carbocycles. The first-order valence-corrected chi connectivity index (χ1v) is 9.57. The minimum absolute atomic E-state index is 0.688. The quantitative estimate of drug-likeness (QED) is 0.493. The summed E-state index contributed by atoms with van der Waals surface area (Å²) < 4.78 is 5.35. The second-order valence-electron chi connectivity index (χ2n) is 7.24. The Morgan fingerprint density at radius 2 is 1.90 bits per heavy atom. The predicted molar refractivity (Wildman–Crippen MR) is 112 cm³/mol. The van der Waals surface area contributed by atoms with E-state index >= 15 is 0 Å². The van der Waals surface area contributed by atoms with Crippen molar-refractivity contribution in [2.75, 3.05) is 0 Å². The van der Waals surface area contributed by atoms with Gasteiger partial charge in [0.05, 0.1) is 6.20 Å². The fourth-order valence-electron chi connectivity index (χ4n) is 3.59. The fourth-order valence-corrected chi connectivity index (χ4v) is 3.59. The first-order valence-electron chi connectivity index (χ1n) is 9.57. The van der Waals surface area contributed by atoms with Gasteiger partial charge < -0.3 is 9.32 Å². The summed E-state index contributed by atoms with van der Waals surface area (Å²) in [7, 11) is 0. The largest absolute Gasteiger partial charge is 0.442 e. The number of rotatable bonds is 4. The summed E-state index contributed by atoms with van der Waals surface area (Å²) in [5, 5.41) is 0. The van der Waals surface area contributed by atoms with Crippen molar-refractivity contribution in [3.05, 3.63) is 96.0 Å². The lowest BCUT2D eigenvalue weighted by Crippen LogP contribution is -2.19. The number of fused-ring (bicyclic) bond motifs is 1. The monoisotopic (exact) mass is 380 g/mol. The molecule has 4 heterocycles. The Labute approximate surface area is 169 Å². The maximum absolute atomic E-state index is 5.35. The van der Waals surface area contributed by atoms with Gasteiger partial charge in [-0.2, -0.15) is 0 Å². The molecule has 142 valence electrons. The standard InChI is InChI=1S/C24H20N4O/c1-17-10-20(6-8-26-17)19-4-2-18(3-5-19)14-28-9-7-21-11-23(24-13-25-16-29-24)27-12-22(21)15-28/h2-13,16H,14-15H2,1H3. The lowest BCUT2D eigenvalue weighted by atomic mass is 10.0. The van der Waals surface area contributed by atoms with Crippen LogP contribution in [0.25, 0.3) is 28.7 Å². The van der Waals surface area contributed by atoms with Crippen molar-refractivity contribution in [3.63, 3.8) is 0 Å². The van der Waals surface area contributed by atoms with E-state index in [2.05, 4.69) is 68.5 Å². The molecule has 5 nitrogen and oxygen atoms in total. The molecule has 5 heteroatoms. The van der Waals surface area contributed by atoms with Gasteiger partial charge in [-0.15, -0.1) is 0 Å². The highest BCUT2D eigenvalue weighted by atomic mass is 16.3. The highest BCUT2D eigenvalue weighted by Crippen LogP contribution is 2.26. The van der Waals surface area contributed by atoms with Crippen molar-refractivity contribution in [2.24, 2.45) is 0 Å². The van der Waals surface area contributed by atoms with E-state index in [0.29, 0.717) is 5.76 Å². The van der Waals surface area contributed by atoms with Gasteiger partial charge in [-0.3, -0.25) is 9.97 Å². The van der Waals surface area contributed by atoms with E-state index in [9.17, 15) is 0 Å². The topological polar surface area (TPSA) is 55.1 Å². The van der Waals surface area contributed by atoms with Gasteiger partial charge in [-0.05, 0) is 59.0 Å². The first kappa shape index (κ1) is 17.4. The van der Waals surface area contributed by atoms with Gasteiger partial charge in [-0.25, -0.2) is 4.98 Å². The smallest absolute Gasteiger partial charge is 0.181 e. The Balaban J connectivity index is 1.30. The second kappa shape index (κ2) is 7.36. The minimum atomic E-state index is 0.688. The van der Waals surface area contributed by atoms with E-state index in [-0.39, 0.29) is 0 Å². The molecule has 0 spiro atoms. The molecular weight excluding hydrogens is 360 g/mol. The summed E-state index contributed by atoms with van der Waals surface area (Å²) in [5.41, 5.74) is 7.90. The van der Waals surface area contributed by atoms with Crippen LogP contribution in [-0.4, -0.2) is 19.9 Å². The molecule has 0 radical (unpaired) electrons. The summed E-state index contributed by atoms with van der Waals surface area (Å²) >= 11 is 0. The van der Waals surface area contributed by atoms with E-state index in [4.69, 9.17) is 4.42 Å². The molecule has 29 heavy (non-hydrogen) atoms. The third-order valence-electron chi connectivity index (χ3n) is 5.12. The Morgan fingerprint density at radius 3 is 2.69 bits per heavy atom. The van der Waals surface area contributed by atoms with E-state index in [1.54, 1.807) is 6.20 Å². The van der Waals surface area contributed by atoms with E-state index in [1.165, 1.54) is 34.2 Å². The molecule has 0 fully saturated rings. The SMILES string of the molecule is Cc1cc(-c2ccc(CN3C=Cc4cc(-c5cnco5)ncc4C3)cc2)ccn1. The van der Waals surface area contributed by atoms with Crippen LogP contribution in [0.15, 0.2) is 78.1 Å². The van der Waals surface area contributed by atoms with Crippen molar-refractivity contribution >= 4 is 6.08 Å². The van der Waals surface area contributed by atoms with Crippen molar-refractivity contribution < 1.29 is 4.42 Å². The molecule has 1 aliphatic heterocycles. The Bertz CT molecular complexity index is 1160. The molecule has 3 aromatic heterocycles. The maximum atomic E-state index is 5.35. The molecule has 0 saturated heterocycles. The highest BCUT2D eigenvalue weighted by molar-refractivity contribution is 5.64. The third kappa shape index (κ3) is 3.67. The van der Waals surface area contributed by atoms with Crippen LogP contribution >= 0.6 is 0 Å². The summed E-state index contributed by atoms with van der Waals surface area (Å²) in [4.78, 5) is 15.1. The second-order valence-corrected chi connectivity index (χ2v) is 7.24.